The van der Waals surface area contributed by atoms with Crippen LogP contribution in [0.15, 0.2) is 70.9 Å². The molecule has 2 aromatic carbocycles. The summed E-state index contributed by atoms with van der Waals surface area (Å²) in [4.78, 5) is 14.5. The Balaban J connectivity index is 1.53. The van der Waals surface area contributed by atoms with Gasteiger partial charge in [0.25, 0.3) is 0 Å². The average Bonchev–Trinajstić information content (AvgIpc) is 3.22. The molecule has 3 aromatic rings. The van der Waals surface area contributed by atoms with Crippen LogP contribution in [0.1, 0.15) is 34.5 Å². The van der Waals surface area contributed by atoms with Crippen molar-refractivity contribution in [3.8, 4) is 0 Å². The number of rotatable bonds is 4. The molecule has 4 rings (SSSR count). The van der Waals surface area contributed by atoms with Gasteiger partial charge in [-0.3, -0.25) is 0 Å². The van der Waals surface area contributed by atoms with E-state index in [1.807, 2.05) is 53.9 Å². The van der Waals surface area contributed by atoms with Gasteiger partial charge in [-0.1, -0.05) is 48.5 Å². The predicted octanol–water partition coefficient (Wildman–Crippen LogP) is 5.51. The van der Waals surface area contributed by atoms with Crippen LogP contribution in [0.2, 0.25) is 0 Å². The highest BCUT2D eigenvalue weighted by atomic mass is 32.2. The molecule has 2 N–H and O–H groups in total. The molecule has 2 atom stereocenters. The quantitative estimate of drug-likeness (QED) is 0.608. The van der Waals surface area contributed by atoms with Gasteiger partial charge >= 0.3 is 6.03 Å². The van der Waals surface area contributed by atoms with Gasteiger partial charge in [0.2, 0.25) is 0 Å². The molecule has 6 heteroatoms. The minimum atomic E-state index is -0.246. The Morgan fingerprint density at radius 1 is 1.07 bits per heavy atom. The van der Waals surface area contributed by atoms with Crippen molar-refractivity contribution in [1.82, 2.24) is 10.6 Å². The van der Waals surface area contributed by atoms with E-state index in [2.05, 4.69) is 10.6 Å². The Morgan fingerprint density at radius 2 is 1.93 bits per heavy atom. The third-order valence-electron chi connectivity index (χ3n) is 4.57. The molecule has 0 saturated carbocycles. The number of amides is 2. The van der Waals surface area contributed by atoms with Crippen LogP contribution in [0.3, 0.4) is 0 Å². The first-order valence-corrected chi connectivity index (χ1v) is 10.7. The maximum atomic E-state index is 14.1. The van der Waals surface area contributed by atoms with Gasteiger partial charge < -0.3 is 10.6 Å². The van der Waals surface area contributed by atoms with Gasteiger partial charge in [-0.25, -0.2) is 9.18 Å². The highest BCUT2D eigenvalue weighted by Gasteiger charge is 2.26. The molecule has 0 radical (unpaired) electrons. The van der Waals surface area contributed by atoms with E-state index in [0.717, 1.165) is 28.2 Å². The molecule has 0 spiro atoms. The van der Waals surface area contributed by atoms with Crippen LogP contribution in [0.4, 0.5) is 9.18 Å². The van der Waals surface area contributed by atoms with Crippen molar-refractivity contribution in [2.24, 2.45) is 0 Å². The standard InChI is InChI=1S/C21H19FN2OS2/c22-16-9-4-8-15-17(11-13-27-20(15)16)23-21(25)24-19(18-10-5-12-26-18)14-6-2-1-3-7-14/h1-10,12,17,19H,11,13H2,(H2,23,24,25). The van der Waals surface area contributed by atoms with Crippen molar-refractivity contribution in [2.75, 3.05) is 5.75 Å². The van der Waals surface area contributed by atoms with E-state index >= 15 is 0 Å². The molecule has 2 unspecified atom stereocenters. The Labute approximate surface area is 166 Å². The number of hydrogen-bond acceptors (Lipinski definition) is 3. The number of thioether (sulfide) groups is 1. The van der Waals surface area contributed by atoms with Crippen molar-refractivity contribution in [1.29, 1.82) is 0 Å². The molecule has 3 nitrogen and oxygen atoms in total. The lowest BCUT2D eigenvalue weighted by Gasteiger charge is -2.27. The van der Waals surface area contributed by atoms with Crippen LogP contribution in [-0.4, -0.2) is 11.8 Å². The van der Waals surface area contributed by atoms with Gasteiger partial charge in [0.1, 0.15) is 5.82 Å². The number of carbonyl (C=O) groups excluding carboxylic acids is 1. The van der Waals surface area contributed by atoms with E-state index in [9.17, 15) is 9.18 Å². The van der Waals surface area contributed by atoms with Crippen molar-refractivity contribution >= 4 is 29.1 Å². The third kappa shape index (κ3) is 4.01. The van der Waals surface area contributed by atoms with Crippen LogP contribution in [-0.2, 0) is 0 Å². The molecule has 0 saturated heterocycles. The van der Waals surface area contributed by atoms with E-state index in [1.54, 1.807) is 17.4 Å². The minimum Gasteiger partial charge on any atom is -0.331 e. The smallest absolute Gasteiger partial charge is 0.316 e. The van der Waals surface area contributed by atoms with Gasteiger partial charge in [-0.05, 0) is 35.1 Å². The number of fused-ring (bicyclic) bond motifs is 1. The van der Waals surface area contributed by atoms with Crippen molar-refractivity contribution in [3.63, 3.8) is 0 Å². The van der Waals surface area contributed by atoms with Crippen molar-refractivity contribution < 1.29 is 9.18 Å². The molecule has 1 aliphatic rings. The summed E-state index contributed by atoms with van der Waals surface area (Å²) in [7, 11) is 0. The van der Waals surface area contributed by atoms with Crippen LogP contribution in [0, 0.1) is 5.82 Å². The zero-order valence-electron chi connectivity index (χ0n) is 14.5. The molecule has 1 aromatic heterocycles. The van der Waals surface area contributed by atoms with Crippen LogP contribution in [0.25, 0.3) is 0 Å². The third-order valence-corrected chi connectivity index (χ3v) is 6.66. The predicted molar refractivity (Wildman–Crippen MR) is 109 cm³/mol. The van der Waals surface area contributed by atoms with Gasteiger partial charge in [-0.2, -0.15) is 0 Å². The van der Waals surface area contributed by atoms with E-state index in [0.29, 0.717) is 4.90 Å². The molecule has 27 heavy (non-hydrogen) atoms. The van der Waals surface area contributed by atoms with E-state index in [4.69, 9.17) is 0 Å². The summed E-state index contributed by atoms with van der Waals surface area (Å²) in [6, 6.07) is 18.3. The fourth-order valence-electron chi connectivity index (χ4n) is 3.29. The van der Waals surface area contributed by atoms with E-state index < -0.39 is 0 Å². The Morgan fingerprint density at radius 3 is 2.70 bits per heavy atom. The van der Waals surface area contributed by atoms with Crippen molar-refractivity contribution in [3.05, 3.63) is 87.9 Å². The normalized spacial score (nSPS) is 17.0. The Kier molecular flexibility index (Phi) is 5.45. The first-order chi connectivity index (χ1) is 13.2. The molecule has 0 bridgehead atoms. The highest BCUT2D eigenvalue weighted by molar-refractivity contribution is 7.99. The van der Waals surface area contributed by atoms with Crippen LogP contribution < -0.4 is 10.6 Å². The van der Waals surface area contributed by atoms with E-state index in [-0.39, 0.29) is 23.9 Å². The largest absolute Gasteiger partial charge is 0.331 e. The summed E-state index contributed by atoms with van der Waals surface area (Å²) in [5.41, 5.74) is 1.88. The summed E-state index contributed by atoms with van der Waals surface area (Å²) in [5.74, 6) is 0.566. The van der Waals surface area contributed by atoms with Gasteiger partial charge in [-0.15, -0.1) is 23.1 Å². The molecule has 1 aliphatic heterocycles. The average molecular weight is 399 g/mol. The topological polar surface area (TPSA) is 41.1 Å². The molecule has 2 heterocycles. The van der Waals surface area contributed by atoms with Gasteiger partial charge in [0.05, 0.1) is 12.1 Å². The van der Waals surface area contributed by atoms with Gasteiger partial charge in [0, 0.05) is 15.5 Å². The number of hydrogen-bond donors (Lipinski definition) is 2. The number of carbonyl (C=O) groups is 1. The fraction of sp³-hybridized carbons (Fsp3) is 0.190. The molecule has 138 valence electrons. The van der Waals surface area contributed by atoms with Crippen LogP contribution >= 0.6 is 23.1 Å². The lowest BCUT2D eigenvalue weighted by molar-refractivity contribution is 0.234. The Hall–Kier alpha value is -2.31. The molecule has 2 amide bonds. The number of benzene rings is 2. The second kappa shape index (κ2) is 8.15. The number of thiophene rings is 1. The monoisotopic (exact) mass is 398 g/mol. The molecular weight excluding hydrogens is 379 g/mol. The SMILES string of the molecule is O=C(NC1CCSc2c(F)cccc21)NC(c1ccccc1)c1cccs1. The summed E-state index contributed by atoms with van der Waals surface area (Å²) in [6.07, 6.45) is 0.781. The molecule has 0 fully saturated rings. The molecular formula is C21H19FN2OS2. The minimum absolute atomic E-state index is 0.184. The van der Waals surface area contributed by atoms with Crippen LogP contribution in [0.5, 0.6) is 0 Å². The molecule has 0 aliphatic carbocycles. The van der Waals surface area contributed by atoms with E-state index in [1.165, 1.54) is 17.8 Å². The summed E-state index contributed by atoms with van der Waals surface area (Å²) in [6.45, 7) is 0. The summed E-state index contributed by atoms with van der Waals surface area (Å²) in [5, 5.41) is 8.13. The zero-order chi connectivity index (χ0) is 18.6. The number of urea groups is 1. The second-order valence-electron chi connectivity index (χ2n) is 6.32. The maximum Gasteiger partial charge on any atom is 0.316 e. The zero-order valence-corrected chi connectivity index (χ0v) is 16.2. The fourth-order valence-corrected chi connectivity index (χ4v) is 5.23. The highest BCUT2D eigenvalue weighted by Crippen LogP contribution is 2.37. The lowest BCUT2D eigenvalue weighted by atomic mass is 10.0. The maximum absolute atomic E-state index is 14.1. The number of nitrogens with one attached hydrogen (secondary N) is 2. The first kappa shape index (κ1) is 18.1. The number of halogens is 1. The summed E-state index contributed by atoms with van der Waals surface area (Å²) >= 11 is 3.12. The second-order valence-corrected chi connectivity index (χ2v) is 8.41. The Bertz CT molecular complexity index is 915. The van der Waals surface area contributed by atoms with Crippen molar-refractivity contribution in [2.45, 2.75) is 23.4 Å². The lowest BCUT2D eigenvalue weighted by Crippen LogP contribution is -2.41. The summed E-state index contributed by atoms with van der Waals surface area (Å²) < 4.78 is 14.1. The first-order valence-electron chi connectivity index (χ1n) is 8.79. The van der Waals surface area contributed by atoms with Gasteiger partial charge in [0.15, 0.2) is 0 Å².